The fraction of sp³-hybridized carbons (Fsp3) is 0.261. The maximum atomic E-state index is 11.6. The van der Waals surface area contributed by atoms with Crippen LogP contribution in [0.2, 0.25) is 0 Å². The summed E-state index contributed by atoms with van der Waals surface area (Å²) in [5.74, 6) is 0.922. The molecular weight excluding hydrogens is 422 g/mol. The van der Waals surface area contributed by atoms with Crippen molar-refractivity contribution >= 4 is 28.2 Å². The molecule has 0 aromatic carbocycles. The van der Waals surface area contributed by atoms with Crippen LogP contribution in [0.3, 0.4) is 0 Å². The van der Waals surface area contributed by atoms with Crippen molar-refractivity contribution in [2.75, 3.05) is 17.7 Å². The molecule has 1 amide bonds. The molecule has 4 aromatic heterocycles. The molecule has 5 rings (SSSR count). The van der Waals surface area contributed by atoms with E-state index in [1.54, 1.807) is 6.20 Å². The number of rotatable bonds is 5. The van der Waals surface area contributed by atoms with Gasteiger partial charge in [-0.2, -0.15) is 5.10 Å². The number of fused-ring (bicyclic) bond motifs is 3. The maximum absolute atomic E-state index is 11.6. The average molecular weight is 446 g/mol. The first-order valence-corrected chi connectivity index (χ1v) is 11.3. The summed E-state index contributed by atoms with van der Waals surface area (Å²) >= 11 is 1.50. The quantitative estimate of drug-likeness (QED) is 0.478. The van der Waals surface area contributed by atoms with Gasteiger partial charge in [0.2, 0.25) is 5.91 Å². The molecule has 1 unspecified atom stereocenters. The van der Waals surface area contributed by atoms with Crippen LogP contribution in [0, 0.1) is 0 Å². The lowest BCUT2D eigenvalue weighted by Crippen LogP contribution is -2.11. The highest BCUT2D eigenvalue weighted by Crippen LogP contribution is 2.47. The van der Waals surface area contributed by atoms with Crippen molar-refractivity contribution < 1.29 is 4.79 Å². The predicted molar refractivity (Wildman–Crippen MR) is 126 cm³/mol. The highest BCUT2D eigenvalue weighted by Gasteiger charge is 2.33. The molecule has 32 heavy (non-hydrogen) atoms. The molecule has 0 saturated carbocycles. The fourth-order valence-electron chi connectivity index (χ4n) is 4.13. The van der Waals surface area contributed by atoms with Gasteiger partial charge in [-0.25, -0.2) is 9.97 Å². The number of hydrogen-bond acceptors (Lipinski definition) is 7. The van der Waals surface area contributed by atoms with Crippen LogP contribution in [0.4, 0.5) is 10.9 Å². The van der Waals surface area contributed by atoms with Crippen LogP contribution in [-0.4, -0.2) is 37.7 Å². The van der Waals surface area contributed by atoms with Gasteiger partial charge >= 0.3 is 0 Å². The van der Waals surface area contributed by atoms with E-state index in [4.69, 9.17) is 10.1 Å². The first-order chi connectivity index (χ1) is 15.5. The zero-order chi connectivity index (χ0) is 22.2. The molecule has 0 aliphatic heterocycles. The highest BCUT2D eigenvalue weighted by molar-refractivity contribution is 7.19. The average Bonchev–Trinajstić information content (AvgIpc) is 3.35. The second-order valence-electron chi connectivity index (χ2n) is 7.89. The van der Waals surface area contributed by atoms with Gasteiger partial charge in [0, 0.05) is 43.7 Å². The number of thiazole rings is 1. The molecule has 1 atom stereocenters. The number of aromatic nitrogens is 5. The monoisotopic (exact) mass is 445 g/mol. The third-order valence-corrected chi connectivity index (χ3v) is 6.54. The fourth-order valence-corrected chi connectivity index (χ4v) is 5.23. The van der Waals surface area contributed by atoms with Crippen molar-refractivity contribution in [2.45, 2.75) is 32.7 Å². The van der Waals surface area contributed by atoms with Crippen molar-refractivity contribution in [3.63, 3.8) is 0 Å². The summed E-state index contributed by atoms with van der Waals surface area (Å²) in [6, 6.07) is 7.99. The molecule has 1 aliphatic carbocycles. The Kier molecular flexibility index (Phi) is 5.18. The Morgan fingerprint density at radius 2 is 2.16 bits per heavy atom. The molecular formula is C23H23N7OS. The van der Waals surface area contributed by atoms with E-state index in [9.17, 15) is 4.79 Å². The Morgan fingerprint density at radius 3 is 2.84 bits per heavy atom. The van der Waals surface area contributed by atoms with Gasteiger partial charge < -0.3 is 10.6 Å². The number of carbonyl (C=O) groups is 1. The van der Waals surface area contributed by atoms with Crippen LogP contribution in [0.5, 0.6) is 0 Å². The Balaban J connectivity index is 1.68. The normalized spacial score (nSPS) is 14.5. The molecule has 4 aromatic rings. The lowest BCUT2D eigenvalue weighted by atomic mass is 9.86. The van der Waals surface area contributed by atoms with E-state index in [0.717, 1.165) is 45.3 Å². The number of anilines is 2. The Labute approximate surface area is 189 Å². The number of carbonyl (C=O) groups excluding carboxylic acids is 1. The van der Waals surface area contributed by atoms with Crippen LogP contribution in [0.15, 0.2) is 42.9 Å². The predicted octanol–water partition coefficient (Wildman–Crippen LogP) is 4.17. The van der Waals surface area contributed by atoms with Gasteiger partial charge in [0.25, 0.3) is 0 Å². The molecule has 2 N–H and O–H groups in total. The minimum absolute atomic E-state index is 0.121. The minimum atomic E-state index is -0.121. The van der Waals surface area contributed by atoms with Crippen LogP contribution in [0.25, 0.3) is 21.8 Å². The number of hydrogen-bond donors (Lipinski definition) is 2. The lowest BCUT2D eigenvalue weighted by Gasteiger charge is -2.20. The van der Waals surface area contributed by atoms with Crippen molar-refractivity contribution in [3.05, 3.63) is 59.7 Å². The standard InChI is InChI=1S/C23H23N7OS/c1-13-9-17-22(32-23(28-17)27-14(2)31)21-19(13)20(16-6-7-18(24-3)26-11-16)29-30(21)12-15-5-4-8-25-10-15/h4-8,10-11,13H,9,12H2,1-3H3,(H,24,26)(H,27,28,31). The highest BCUT2D eigenvalue weighted by atomic mass is 32.1. The molecule has 0 saturated heterocycles. The molecule has 1 aliphatic rings. The molecule has 9 heteroatoms. The summed E-state index contributed by atoms with van der Waals surface area (Å²) in [7, 11) is 1.85. The van der Waals surface area contributed by atoms with Crippen LogP contribution in [0.1, 0.15) is 36.6 Å². The van der Waals surface area contributed by atoms with Gasteiger partial charge in [0.05, 0.1) is 28.5 Å². The summed E-state index contributed by atoms with van der Waals surface area (Å²) in [5.41, 5.74) is 6.24. The van der Waals surface area contributed by atoms with E-state index in [1.807, 2.05) is 48.4 Å². The lowest BCUT2D eigenvalue weighted by molar-refractivity contribution is -0.114. The SMILES string of the molecule is CNc1ccc(-c2nn(Cc3cccnc3)c3c2C(C)Cc2nc(NC(C)=O)sc2-3)cn1. The first-order valence-electron chi connectivity index (χ1n) is 10.4. The Hall–Kier alpha value is -3.59. The summed E-state index contributed by atoms with van der Waals surface area (Å²) in [5, 5.41) is 11.6. The van der Waals surface area contributed by atoms with E-state index in [1.165, 1.54) is 23.8 Å². The van der Waals surface area contributed by atoms with Crippen molar-refractivity contribution in [2.24, 2.45) is 0 Å². The Morgan fingerprint density at radius 1 is 1.28 bits per heavy atom. The van der Waals surface area contributed by atoms with E-state index in [2.05, 4.69) is 27.5 Å². The topological polar surface area (TPSA) is 97.6 Å². The molecule has 0 spiro atoms. The van der Waals surface area contributed by atoms with Gasteiger partial charge in [0.1, 0.15) is 5.82 Å². The maximum Gasteiger partial charge on any atom is 0.223 e. The summed E-state index contributed by atoms with van der Waals surface area (Å²) < 4.78 is 2.04. The largest absolute Gasteiger partial charge is 0.373 e. The van der Waals surface area contributed by atoms with E-state index >= 15 is 0 Å². The van der Waals surface area contributed by atoms with Gasteiger partial charge in [0.15, 0.2) is 5.13 Å². The van der Waals surface area contributed by atoms with E-state index in [0.29, 0.717) is 11.7 Å². The molecule has 0 radical (unpaired) electrons. The first kappa shape index (κ1) is 20.3. The number of pyridine rings is 2. The summed E-state index contributed by atoms with van der Waals surface area (Å²) in [4.78, 5) is 26.1. The molecule has 4 heterocycles. The molecule has 162 valence electrons. The smallest absolute Gasteiger partial charge is 0.223 e. The van der Waals surface area contributed by atoms with Crippen LogP contribution >= 0.6 is 11.3 Å². The van der Waals surface area contributed by atoms with E-state index < -0.39 is 0 Å². The van der Waals surface area contributed by atoms with Crippen LogP contribution < -0.4 is 10.6 Å². The van der Waals surface area contributed by atoms with Crippen LogP contribution in [-0.2, 0) is 17.8 Å². The Bertz CT molecular complexity index is 1280. The summed E-state index contributed by atoms with van der Waals surface area (Å²) in [6.07, 6.45) is 6.29. The number of amides is 1. The number of nitrogens with zero attached hydrogens (tertiary/aromatic N) is 5. The summed E-state index contributed by atoms with van der Waals surface area (Å²) in [6.45, 7) is 4.30. The third-order valence-electron chi connectivity index (χ3n) is 5.52. The van der Waals surface area contributed by atoms with Gasteiger partial charge in [-0.15, -0.1) is 0 Å². The third kappa shape index (κ3) is 3.64. The molecule has 0 fully saturated rings. The van der Waals surface area contributed by atoms with Gasteiger partial charge in [-0.1, -0.05) is 24.3 Å². The molecule has 0 bridgehead atoms. The zero-order valence-electron chi connectivity index (χ0n) is 18.1. The van der Waals surface area contributed by atoms with E-state index in [-0.39, 0.29) is 11.8 Å². The zero-order valence-corrected chi connectivity index (χ0v) is 18.9. The number of nitrogens with one attached hydrogen (secondary N) is 2. The minimum Gasteiger partial charge on any atom is -0.373 e. The van der Waals surface area contributed by atoms with Gasteiger partial charge in [-0.05, 0) is 36.1 Å². The second kappa shape index (κ2) is 8.16. The van der Waals surface area contributed by atoms with Crippen molar-refractivity contribution in [1.29, 1.82) is 0 Å². The van der Waals surface area contributed by atoms with Crippen molar-refractivity contribution in [3.8, 4) is 21.8 Å². The molecule has 8 nitrogen and oxygen atoms in total. The van der Waals surface area contributed by atoms with Gasteiger partial charge in [-0.3, -0.25) is 14.5 Å². The van der Waals surface area contributed by atoms with Crippen molar-refractivity contribution in [1.82, 2.24) is 24.7 Å². The second-order valence-corrected chi connectivity index (χ2v) is 8.89.